The normalized spacial score (nSPS) is 17.5. The Labute approximate surface area is 144 Å². The molecule has 0 bridgehead atoms. The van der Waals surface area contributed by atoms with Gasteiger partial charge in [-0.25, -0.2) is 4.39 Å². The Morgan fingerprint density at radius 3 is 2.88 bits per heavy atom. The van der Waals surface area contributed by atoms with E-state index >= 15 is 0 Å². The Hall–Kier alpha value is -2.63. The highest BCUT2D eigenvalue weighted by Gasteiger charge is 2.30. The van der Waals surface area contributed by atoms with E-state index in [-0.39, 0.29) is 30.1 Å². The minimum absolute atomic E-state index is 0.00684. The smallest absolute Gasteiger partial charge is 0.242 e. The third-order valence-corrected chi connectivity index (χ3v) is 4.91. The van der Waals surface area contributed by atoms with Crippen LogP contribution in [0, 0.1) is 11.7 Å². The summed E-state index contributed by atoms with van der Waals surface area (Å²) in [5, 5.41) is 3.71. The average Bonchev–Trinajstić information content (AvgIpc) is 3.40. The predicted octanol–water partition coefficient (Wildman–Crippen LogP) is 2.45. The van der Waals surface area contributed by atoms with Crippen LogP contribution in [-0.2, 0) is 9.59 Å². The van der Waals surface area contributed by atoms with Gasteiger partial charge >= 0.3 is 0 Å². The molecule has 130 valence electrons. The van der Waals surface area contributed by atoms with Crippen molar-refractivity contribution in [2.75, 3.05) is 19.6 Å². The molecule has 2 aromatic rings. The average molecular weight is 341 g/mol. The van der Waals surface area contributed by atoms with E-state index in [0.717, 1.165) is 41.3 Å². The number of hydrogen-bond acceptors (Lipinski definition) is 2. The Morgan fingerprint density at radius 2 is 2.16 bits per heavy atom. The number of aromatic amines is 1. The number of halogens is 1. The first-order valence-electron chi connectivity index (χ1n) is 8.63. The number of amides is 2. The second kappa shape index (κ2) is 6.35. The number of aromatic nitrogens is 1. The van der Waals surface area contributed by atoms with E-state index < -0.39 is 0 Å². The third kappa shape index (κ3) is 3.29. The SMILES string of the molecule is O=C(NCC(=O)N1CC=C(c2c[nH]c3cc(F)ccc23)CC1)C1CC1. The largest absolute Gasteiger partial charge is 0.360 e. The maximum atomic E-state index is 13.3. The van der Waals surface area contributed by atoms with Crippen LogP contribution in [0.1, 0.15) is 24.8 Å². The molecule has 25 heavy (non-hydrogen) atoms. The monoisotopic (exact) mass is 341 g/mol. The highest BCUT2D eigenvalue weighted by molar-refractivity contribution is 5.93. The van der Waals surface area contributed by atoms with Gasteiger partial charge in [-0.3, -0.25) is 9.59 Å². The fourth-order valence-corrected chi connectivity index (χ4v) is 3.27. The van der Waals surface area contributed by atoms with Crippen molar-refractivity contribution in [3.05, 3.63) is 41.9 Å². The van der Waals surface area contributed by atoms with Crippen LogP contribution in [0.2, 0.25) is 0 Å². The van der Waals surface area contributed by atoms with Crippen LogP contribution in [0.5, 0.6) is 0 Å². The highest BCUT2D eigenvalue weighted by Crippen LogP contribution is 2.30. The van der Waals surface area contributed by atoms with E-state index in [1.807, 2.05) is 12.3 Å². The van der Waals surface area contributed by atoms with Crippen LogP contribution in [-0.4, -0.2) is 41.3 Å². The number of H-pyrrole nitrogens is 1. The number of fused-ring (bicyclic) bond motifs is 1. The van der Waals surface area contributed by atoms with Crippen molar-refractivity contribution in [3.63, 3.8) is 0 Å². The standard InChI is InChI=1S/C19H20FN3O2/c20-14-3-4-15-16(10-21-17(15)9-14)12-5-7-23(8-6-12)18(24)11-22-19(25)13-1-2-13/h3-5,9-10,13,21H,1-2,6-8,11H2,(H,22,25). The summed E-state index contributed by atoms with van der Waals surface area (Å²) >= 11 is 0. The van der Waals surface area contributed by atoms with Gasteiger partial charge in [0.05, 0.1) is 6.54 Å². The first-order chi connectivity index (χ1) is 12.1. The van der Waals surface area contributed by atoms with Crippen molar-refractivity contribution in [2.45, 2.75) is 19.3 Å². The molecular weight excluding hydrogens is 321 g/mol. The molecule has 0 saturated heterocycles. The molecular formula is C19H20FN3O2. The maximum Gasteiger partial charge on any atom is 0.242 e. The number of rotatable bonds is 4. The molecule has 2 N–H and O–H groups in total. The Kier molecular flexibility index (Phi) is 4.03. The van der Waals surface area contributed by atoms with Crippen LogP contribution in [0.15, 0.2) is 30.5 Å². The van der Waals surface area contributed by atoms with E-state index in [9.17, 15) is 14.0 Å². The van der Waals surface area contributed by atoms with Gasteiger partial charge in [0.2, 0.25) is 11.8 Å². The van der Waals surface area contributed by atoms with Gasteiger partial charge in [-0.05, 0) is 43.0 Å². The fraction of sp³-hybridized carbons (Fsp3) is 0.368. The van der Waals surface area contributed by atoms with E-state index in [0.29, 0.717) is 13.1 Å². The van der Waals surface area contributed by atoms with Crippen LogP contribution in [0.25, 0.3) is 16.5 Å². The van der Waals surface area contributed by atoms with Gasteiger partial charge in [0.15, 0.2) is 0 Å². The van der Waals surface area contributed by atoms with Crippen LogP contribution >= 0.6 is 0 Å². The molecule has 2 amide bonds. The van der Waals surface area contributed by atoms with Crippen LogP contribution in [0.4, 0.5) is 4.39 Å². The van der Waals surface area contributed by atoms with Gasteiger partial charge in [-0.1, -0.05) is 6.08 Å². The van der Waals surface area contributed by atoms with Crippen LogP contribution < -0.4 is 5.32 Å². The summed E-state index contributed by atoms with van der Waals surface area (Å²) in [6.07, 6.45) is 6.54. The first-order valence-corrected chi connectivity index (χ1v) is 8.63. The Morgan fingerprint density at radius 1 is 1.32 bits per heavy atom. The summed E-state index contributed by atoms with van der Waals surface area (Å²) in [7, 11) is 0. The second-order valence-corrected chi connectivity index (χ2v) is 6.70. The molecule has 0 atom stereocenters. The summed E-state index contributed by atoms with van der Waals surface area (Å²) < 4.78 is 13.3. The summed E-state index contributed by atoms with van der Waals surface area (Å²) in [4.78, 5) is 28.7. The maximum absolute atomic E-state index is 13.3. The van der Waals surface area contributed by atoms with Gasteiger partial charge in [0.25, 0.3) is 0 Å². The molecule has 1 fully saturated rings. The Bertz CT molecular complexity index is 867. The zero-order valence-corrected chi connectivity index (χ0v) is 13.8. The van der Waals surface area contributed by atoms with Gasteiger partial charge in [0, 0.05) is 41.7 Å². The molecule has 6 heteroatoms. The molecule has 1 aliphatic carbocycles. The minimum Gasteiger partial charge on any atom is -0.360 e. The topological polar surface area (TPSA) is 65.2 Å². The number of carbonyl (C=O) groups excluding carboxylic acids is 2. The lowest BCUT2D eigenvalue weighted by atomic mass is 9.99. The quantitative estimate of drug-likeness (QED) is 0.897. The summed E-state index contributed by atoms with van der Waals surface area (Å²) in [6, 6.07) is 4.73. The molecule has 4 rings (SSSR count). The first kappa shape index (κ1) is 15.9. The second-order valence-electron chi connectivity index (χ2n) is 6.70. The number of hydrogen-bond donors (Lipinski definition) is 2. The van der Waals surface area contributed by atoms with Crippen molar-refractivity contribution >= 4 is 28.3 Å². The van der Waals surface area contributed by atoms with Crippen molar-refractivity contribution in [3.8, 4) is 0 Å². The van der Waals surface area contributed by atoms with Gasteiger partial charge in [-0.2, -0.15) is 0 Å². The zero-order chi connectivity index (χ0) is 17.4. The Balaban J connectivity index is 1.40. The van der Waals surface area contributed by atoms with Crippen molar-refractivity contribution in [1.29, 1.82) is 0 Å². The number of nitrogens with one attached hydrogen (secondary N) is 2. The zero-order valence-electron chi connectivity index (χ0n) is 13.8. The highest BCUT2D eigenvalue weighted by atomic mass is 19.1. The summed E-state index contributed by atoms with van der Waals surface area (Å²) in [6.45, 7) is 1.23. The summed E-state index contributed by atoms with van der Waals surface area (Å²) in [5.41, 5.74) is 2.99. The minimum atomic E-state index is -0.261. The van der Waals surface area contributed by atoms with Crippen LogP contribution in [0.3, 0.4) is 0 Å². The van der Waals surface area contributed by atoms with Gasteiger partial charge < -0.3 is 15.2 Å². The molecule has 1 saturated carbocycles. The van der Waals surface area contributed by atoms with E-state index in [1.165, 1.54) is 12.1 Å². The lowest BCUT2D eigenvalue weighted by Crippen LogP contribution is -2.42. The number of carbonyl (C=O) groups is 2. The van der Waals surface area contributed by atoms with E-state index in [2.05, 4.69) is 10.3 Å². The molecule has 1 aromatic carbocycles. The van der Waals surface area contributed by atoms with Crippen molar-refractivity contribution in [1.82, 2.24) is 15.2 Å². The molecule has 2 aliphatic rings. The van der Waals surface area contributed by atoms with E-state index in [1.54, 1.807) is 11.0 Å². The lowest BCUT2D eigenvalue weighted by molar-refractivity contribution is -0.132. The van der Waals surface area contributed by atoms with Gasteiger partial charge in [0.1, 0.15) is 5.82 Å². The van der Waals surface area contributed by atoms with Crippen molar-refractivity contribution in [2.24, 2.45) is 5.92 Å². The third-order valence-electron chi connectivity index (χ3n) is 4.91. The molecule has 1 aliphatic heterocycles. The molecule has 0 radical (unpaired) electrons. The predicted molar refractivity (Wildman–Crippen MR) is 93.2 cm³/mol. The summed E-state index contributed by atoms with van der Waals surface area (Å²) in [5.74, 6) is -0.200. The molecule has 1 aromatic heterocycles. The number of nitrogens with zero attached hydrogens (tertiary/aromatic N) is 1. The molecule has 5 nitrogen and oxygen atoms in total. The van der Waals surface area contributed by atoms with Crippen molar-refractivity contribution < 1.29 is 14.0 Å². The molecule has 2 heterocycles. The number of benzene rings is 1. The molecule has 0 unspecified atom stereocenters. The molecule has 0 spiro atoms. The van der Waals surface area contributed by atoms with Gasteiger partial charge in [-0.15, -0.1) is 0 Å². The fourth-order valence-electron chi connectivity index (χ4n) is 3.27. The van der Waals surface area contributed by atoms with E-state index in [4.69, 9.17) is 0 Å². The lowest BCUT2D eigenvalue weighted by Gasteiger charge is -2.26.